The van der Waals surface area contributed by atoms with Crippen LogP contribution in [0.3, 0.4) is 0 Å². The van der Waals surface area contributed by atoms with E-state index in [4.69, 9.17) is 21.6 Å². The van der Waals surface area contributed by atoms with Gasteiger partial charge in [-0.2, -0.15) is 10.4 Å². The summed E-state index contributed by atoms with van der Waals surface area (Å²) in [6.45, 7) is 3.15. The molecule has 1 N–H and O–H groups in total. The molecule has 3 rings (SSSR count). The molecule has 0 spiro atoms. The normalized spacial score (nSPS) is 20.4. The monoisotopic (exact) mass is 332 g/mol. The van der Waals surface area contributed by atoms with Crippen molar-refractivity contribution in [3.8, 4) is 6.07 Å². The highest BCUT2D eigenvalue weighted by Gasteiger charge is 2.33. The van der Waals surface area contributed by atoms with Gasteiger partial charge in [-0.15, -0.1) is 0 Å². The van der Waals surface area contributed by atoms with Gasteiger partial charge in [-0.1, -0.05) is 11.6 Å². The summed E-state index contributed by atoms with van der Waals surface area (Å²) in [6.07, 6.45) is 2.43. The minimum absolute atomic E-state index is 0.0428. The minimum atomic E-state index is -0.0428. The molecule has 1 aliphatic heterocycles. The number of aryl methyl sites for hydroxylation is 1. The molecular weight excluding hydrogens is 316 g/mol. The fraction of sp³-hybridized carbons (Fsp3) is 0.467. The number of nitrogens with one attached hydrogen (secondary N) is 1. The van der Waals surface area contributed by atoms with Crippen molar-refractivity contribution in [1.82, 2.24) is 20.2 Å². The quantitative estimate of drug-likeness (QED) is 0.921. The summed E-state index contributed by atoms with van der Waals surface area (Å²) in [7, 11) is 1.89. The van der Waals surface area contributed by atoms with E-state index in [1.165, 1.54) is 0 Å². The summed E-state index contributed by atoms with van der Waals surface area (Å²) >= 11 is 6.25. The van der Waals surface area contributed by atoms with Gasteiger partial charge in [0.25, 0.3) is 0 Å². The zero-order valence-electron chi connectivity index (χ0n) is 13.0. The van der Waals surface area contributed by atoms with Crippen molar-refractivity contribution in [3.63, 3.8) is 0 Å². The van der Waals surface area contributed by atoms with Crippen LogP contribution in [-0.2, 0) is 4.74 Å². The third-order valence-corrected chi connectivity index (χ3v) is 4.33. The van der Waals surface area contributed by atoms with Crippen molar-refractivity contribution in [3.05, 3.63) is 34.5 Å². The van der Waals surface area contributed by atoms with Gasteiger partial charge in [0.15, 0.2) is 5.82 Å². The van der Waals surface area contributed by atoms with E-state index >= 15 is 0 Å². The summed E-state index contributed by atoms with van der Waals surface area (Å²) in [5.41, 5.74) is 0.414. The zero-order chi connectivity index (χ0) is 16.4. The summed E-state index contributed by atoms with van der Waals surface area (Å²) in [6, 6.07) is 3.67. The van der Waals surface area contributed by atoms with Gasteiger partial charge in [0.1, 0.15) is 22.7 Å². The Hall–Kier alpha value is -2.17. The van der Waals surface area contributed by atoms with Crippen molar-refractivity contribution in [2.45, 2.75) is 25.4 Å². The number of anilines is 1. The maximum atomic E-state index is 9.08. The van der Waals surface area contributed by atoms with E-state index in [1.54, 1.807) is 12.3 Å². The lowest BCUT2D eigenvalue weighted by Gasteiger charge is -2.25. The highest BCUT2D eigenvalue weighted by molar-refractivity contribution is 6.34. The highest BCUT2D eigenvalue weighted by atomic mass is 35.5. The van der Waals surface area contributed by atoms with Crippen molar-refractivity contribution < 1.29 is 4.74 Å². The van der Waals surface area contributed by atoms with E-state index in [2.05, 4.69) is 26.2 Å². The van der Waals surface area contributed by atoms with Crippen LogP contribution in [0, 0.1) is 18.3 Å². The molecule has 0 amide bonds. The fourth-order valence-electron chi connectivity index (χ4n) is 2.79. The largest absolute Gasteiger partial charge is 0.376 e. The number of hydrogen-bond donors (Lipinski definition) is 1. The van der Waals surface area contributed by atoms with Crippen LogP contribution < -0.4 is 4.90 Å². The molecule has 0 aliphatic carbocycles. The number of hydrogen-bond acceptors (Lipinski definition) is 6. The maximum Gasteiger partial charge on any atom is 0.156 e. The second-order valence-electron chi connectivity index (χ2n) is 5.57. The number of pyridine rings is 1. The Kier molecular flexibility index (Phi) is 4.46. The summed E-state index contributed by atoms with van der Waals surface area (Å²) < 4.78 is 5.85. The van der Waals surface area contributed by atoms with Crippen LogP contribution in [0.2, 0.25) is 5.02 Å². The van der Waals surface area contributed by atoms with Crippen LogP contribution in [0.1, 0.15) is 29.6 Å². The molecule has 8 heteroatoms. The van der Waals surface area contributed by atoms with Crippen molar-refractivity contribution in [2.24, 2.45) is 0 Å². The van der Waals surface area contributed by atoms with Gasteiger partial charge in [0, 0.05) is 26.4 Å². The Labute approximate surface area is 139 Å². The van der Waals surface area contributed by atoms with Crippen LogP contribution in [0.15, 0.2) is 12.3 Å². The first kappa shape index (κ1) is 15.7. The number of ether oxygens (including phenoxy) is 1. The molecule has 2 aromatic heterocycles. The number of aromatic amines is 1. The smallest absolute Gasteiger partial charge is 0.156 e. The van der Waals surface area contributed by atoms with E-state index in [0.29, 0.717) is 29.6 Å². The van der Waals surface area contributed by atoms with Crippen LogP contribution >= 0.6 is 11.6 Å². The number of nitriles is 1. The van der Waals surface area contributed by atoms with Crippen LogP contribution in [0.4, 0.5) is 5.82 Å². The first-order chi connectivity index (χ1) is 11.1. The molecule has 1 saturated heterocycles. The molecule has 0 aromatic carbocycles. The SMILES string of the molecule is Cc1nc([C@@H]2CCO[C@@H]2CN(C)c2nccc(C#N)c2Cl)n[nH]1. The number of halogens is 1. The van der Waals surface area contributed by atoms with Gasteiger partial charge in [0.05, 0.1) is 17.6 Å². The highest BCUT2D eigenvalue weighted by Crippen LogP contribution is 2.32. The number of H-pyrrole nitrogens is 1. The molecule has 1 aliphatic rings. The van der Waals surface area contributed by atoms with Gasteiger partial charge in [-0.25, -0.2) is 9.97 Å². The zero-order valence-corrected chi connectivity index (χ0v) is 13.7. The topological polar surface area (TPSA) is 90.7 Å². The number of nitrogens with zero attached hydrogens (tertiary/aromatic N) is 5. The molecule has 0 unspecified atom stereocenters. The average molecular weight is 333 g/mol. The molecule has 2 aromatic rings. The number of aromatic nitrogens is 4. The Morgan fingerprint density at radius 2 is 2.39 bits per heavy atom. The predicted molar refractivity (Wildman–Crippen MR) is 85.4 cm³/mol. The summed E-state index contributed by atoms with van der Waals surface area (Å²) in [5.74, 6) is 2.29. The van der Waals surface area contributed by atoms with E-state index < -0.39 is 0 Å². The Morgan fingerprint density at radius 3 is 3.09 bits per heavy atom. The Balaban J connectivity index is 1.77. The Bertz CT molecular complexity index is 740. The van der Waals surface area contributed by atoms with Crippen molar-refractivity contribution in [1.29, 1.82) is 5.26 Å². The van der Waals surface area contributed by atoms with Gasteiger partial charge in [0.2, 0.25) is 0 Å². The van der Waals surface area contributed by atoms with Gasteiger partial charge in [-0.05, 0) is 19.4 Å². The third-order valence-electron chi connectivity index (χ3n) is 3.96. The first-order valence-corrected chi connectivity index (χ1v) is 7.74. The average Bonchev–Trinajstić information content (AvgIpc) is 3.16. The lowest BCUT2D eigenvalue weighted by atomic mass is 10.0. The van der Waals surface area contributed by atoms with Crippen molar-refractivity contribution >= 4 is 17.4 Å². The van der Waals surface area contributed by atoms with E-state index in [1.807, 2.05) is 18.9 Å². The molecule has 7 nitrogen and oxygen atoms in total. The second-order valence-corrected chi connectivity index (χ2v) is 5.95. The van der Waals surface area contributed by atoms with E-state index in [-0.39, 0.29) is 12.0 Å². The molecule has 0 radical (unpaired) electrons. The van der Waals surface area contributed by atoms with Crippen LogP contribution in [0.25, 0.3) is 0 Å². The minimum Gasteiger partial charge on any atom is -0.376 e. The van der Waals surface area contributed by atoms with Crippen LogP contribution in [0.5, 0.6) is 0 Å². The molecule has 3 heterocycles. The number of likely N-dealkylation sites (N-methyl/N-ethyl adjacent to an activating group) is 1. The molecule has 23 heavy (non-hydrogen) atoms. The standard InChI is InChI=1S/C15H17ClN6O/c1-9-19-14(21-20-9)11-4-6-23-12(11)8-22(2)15-13(16)10(7-17)3-5-18-15/h3,5,11-12H,4,6,8H2,1-2H3,(H,19,20,21)/t11-,12-/m1/s1. The lowest BCUT2D eigenvalue weighted by molar-refractivity contribution is 0.108. The van der Waals surface area contributed by atoms with E-state index in [9.17, 15) is 0 Å². The Morgan fingerprint density at radius 1 is 1.57 bits per heavy atom. The first-order valence-electron chi connectivity index (χ1n) is 7.36. The van der Waals surface area contributed by atoms with Gasteiger partial charge in [-0.3, -0.25) is 5.10 Å². The third kappa shape index (κ3) is 3.14. The second kappa shape index (κ2) is 6.52. The summed E-state index contributed by atoms with van der Waals surface area (Å²) in [5, 5.41) is 16.6. The molecule has 0 saturated carbocycles. The van der Waals surface area contributed by atoms with Crippen molar-refractivity contribution in [2.75, 3.05) is 25.1 Å². The summed E-state index contributed by atoms with van der Waals surface area (Å²) in [4.78, 5) is 10.6. The lowest BCUT2D eigenvalue weighted by Crippen LogP contribution is -2.33. The molecule has 2 atom stereocenters. The maximum absolute atomic E-state index is 9.08. The van der Waals surface area contributed by atoms with Gasteiger partial charge < -0.3 is 9.64 Å². The molecule has 120 valence electrons. The molecule has 1 fully saturated rings. The molecule has 0 bridgehead atoms. The van der Waals surface area contributed by atoms with Crippen LogP contribution in [-0.4, -0.2) is 46.5 Å². The predicted octanol–water partition coefficient (Wildman–Crippen LogP) is 2.04. The molecular formula is C15H17ClN6O. The number of rotatable bonds is 4. The van der Waals surface area contributed by atoms with E-state index in [0.717, 1.165) is 18.1 Å². The van der Waals surface area contributed by atoms with Gasteiger partial charge >= 0.3 is 0 Å². The fourth-order valence-corrected chi connectivity index (χ4v) is 3.09.